The summed E-state index contributed by atoms with van der Waals surface area (Å²) in [6, 6.07) is 10.4. The van der Waals surface area contributed by atoms with Crippen molar-refractivity contribution in [2.75, 3.05) is 0 Å². The van der Waals surface area contributed by atoms with Gasteiger partial charge in [0, 0.05) is 22.9 Å². The second-order valence-corrected chi connectivity index (χ2v) is 5.90. The van der Waals surface area contributed by atoms with Crippen LogP contribution in [0.3, 0.4) is 0 Å². The summed E-state index contributed by atoms with van der Waals surface area (Å²) < 4.78 is 0. The molecule has 0 aliphatic heterocycles. The molecular weight excluding hydrogens is 338 g/mol. The summed E-state index contributed by atoms with van der Waals surface area (Å²) in [7, 11) is 0. The number of carbonyl (C=O) groups is 1. The molecule has 0 heterocycles. The molecule has 0 amide bonds. The Morgan fingerprint density at radius 3 is 2.00 bits per heavy atom. The van der Waals surface area contributed by atoms with Crippen LogP contribution in [0.2, 0.25) is 20.1 Å². The topological polar surface area (TPSA) is 17.1 Å². The molecule has 0 unspecified atom stereocenters. The van der Waals surface area contributed by atoms with E-state index in [9.17, 15) is 4.79 Å². The molecule has 0 aromatic heterocycles. The first-order valence-corrected chi connectivity index (χ1v) is 7.37. The average Bonchev–Trinajstić information content (AvgIpc) is 2.39. The van der Waals surface area contributed by atoms with E-state index in [0.29, 0.717) is 31.2 Å². The predicted octanol–water partition coefficient (Wildman–Crippen LogP) is 5.65. The average molecular weight is 348 g/mol. The summed E-state index contributed by atoms with van der Waals surface area (Å²) in [5, 5.41) is 1.83. The Kier molecular flexibility index (Phi) is 5.34. The first-order chi connectivity index (χ1) is 9.49. The number of carbonyl (C=O) groups excluding carboxylic acids is 1. The minimum absolute atomic E-state index is 0.0239. The van der Waals surface area contributed by atoms with Gasteiger partial charge in [0.25, 0.3) is 0 Å². The smallest absolute Gasteiger partial charge is 0.141 e. The van der Waals surface area contributed by atoms with Crippen LogP contribution >= 0.6 is 46.4 Å². The second kappa shape index (κ2) is 6.82. The van der Waals surface area contributed by atoms with Crippen molar-refractivity contribution in [2.24, 2.45) is 0 Å². The first-order valence-electron chi connectivity index (χ1n) is 5.86. The molecule has 2 aromatic rings. The van der Waals surface area contributed by atoms with Gasteiger partial charge >= 0.3 is 0 Å². The molecule has 0 N–H and O–H groups in total. The summed E-state index contributed by atoms with van der Waals surface area (Å²) >= 11 is 24.1. The number of ketones is 1. The number of benzene rings is 2. The van der Waals surface area contributed by atoms with Crippen LogP contribution in [-0.4, -0.2) is 5.78 Å². The lowest BCUT2D eigenvalue weighted by atomic mass is 10.0. The van der Waals surface area contributed by atoms with Gasteiger partial charge in [0.2, 0.25) is 0 Å². The van der Waals surface area contributed by atoms with Crippen molar-refractivity contribution in [1.29, 1.82) is 0 Å². The second-order valence-electron chi connectivity index (χ2n) is 4.31. The van der Waals surface area contributed by atoms with E-state index < -0.39 is 0 Å². The Morgan fingerprint density at radius 1 is 0.800 bits per heavy atom. The van der Waals surface area contributed by atoms with Crippen LogP contribution in [0.15, 0.2) is 36.4 Å². The fourth-order valence-electron chi connectivity index (χ4n) is 1.86. The van der Waals surface area contributed by atoms with Gasteiger partial charge in [-0.3, -0.25) is 4.79 Å². The maximum Gasteiger partial charge on any atom is 0.141 e. The lowest BCUT2D eigenvalue weighted by molar-refractivity contribution is -0.117. The Morgan fingerprint density at radius 2 is 1.35 bits per heavy atom. The van der Waals surface area contributed by atoms with Crippen molar-refractivity contribution >= 4 is 52.2 Å². The van der Waals surface area contributed by atoms with Crippen molar-refractivity contribution in [1.82, 2.24) is 0 Å². The van der Waals surface area contributed by atoms with Crippen LogP contribution in [0, 0.1) is 0 Å². The van der Waals surface area contributed by atoms with E-state index in [1.807, 2.05) is 0 Å². The van der Waals surface area contributed by atoms with Gasteiger partial charge in [-0.15, -0.1) is 0 Å². The van der Waals surface area contributed by atoms with E-state index in [0.717, 1.165) is 0 Å². The molecule has 1 nitrogen and oxygen atoms in total. The van der Waals surface area contributed by atoms with Crippen molar-refractivity contribution < 1.29 is 4.79 Å². The van der Waals surface area contributed by atoms with Crippen molar-refractivity contribution in [2.45, 2.75) is 12.8 Å². The highest BCUT2D eigenvalue weighted by Crippen LogP contribution is 2.28. The number of rotatable bonds is 4. The van der Waals surface area contributed by atoms with Gasteiger partial charge in [0.1, 0.15) is 5.78 Å². The third-order valence-corrected chi connectivity index (χ3v) is 4.42. The molecule has 0 spiro atoms. The Bertz CT molecular complexity index is 632. The Hall–Kier alpha value is -0.730. The lowest BCUT2D eigenvalue weighted by Gasteiger charge is -2.08. The summed E-state index contributed by atoms with van der Waals surface area (Å²) in [6.45, 7) is 0. The van der Waals surface area contributed by atoms with Gasteiger partial charge in [0.15, 0.2) is 0 Å². The SMILES string of the molecule is O=C(Cc1cccc(Cl)c1Cl)Cc1c(Cl)cccc1Cl. The Balaban J connectivity index is 2.16. The van der Waals surface area contributed by atoms with Gasteiger partial charge < -0.3 is 0 Å². The maximum atomic E-state index is 12.1. The molecule has 0 saturated carbocycles. The fourth-order valence-corrected chi connectivity index (χ4v) is 2.78. The van der Waals surface area contributed by atoms with Crippen LogP contribution < -0.4 is 0 Å². The number of Topliss-reactive ketones (excluding diaryl/α,β-unsaturated/α-hetero) is 1. The van der Waals surface area contributed by atoms with Crippen LogP contribution in [0.5, 0.6) is 0 Å². The van der Waals surface area contributed by atoms with E-state index in [4.69, 9.17) is 46.4 Å². The van der Waals surface area contributed by atoms with Crippen LogP contribution in [-0.2, 0) is 17.6 Å². The zero-order valence-corrected chi connectivity index (χ0v) is 13.3. The maximum absolute atomic E-state index is 12.1. The summed E-state index contributed by atoms with van der Waals surface area (Å²) in [6.07, 6.45) is 0.363. The van der Waals surface area contributed by atoms with E-state index in [2.05, 4.69) is 0 Å². The highest BCUT2D eigenvalue weighted by Gasteiger charge is 2.13. The largest absolute Gasteiger partial charge is 0.299 e. The van der Waals surface area contributed by atoms with Crippen LogP contribution in [0.1, 0.15) is 11.1 Å². The van der Waals surface area contributed by atoms with E-state index in [1.165, 1.54) is 0 Å². The van der Waals surface area contributed by atoms with Crippen molar-refractivity contribution in [3.8, 4) is 0 Å². The van der Waals surface area contributed by atoms with Crippen molar-refractivity contribution in [3.05, 3.63) is 67.6 Å². The van der Waals surface area contributed by atoms with Gasteiger partial charge in [-0.1, -0.05) is 64.6 Å². The van der Waals surface area contributed by atoms with Crippen molar-refractivity contribution in [3.63, 3.8) is 0 Å². The standard InChI is InChI=1S/C15H10Cl4O/c16-12-4-2-5-13(17)11(12)8-10(20)7-9-3-1-6-14(18)15(9)19/h1-6H,7-8H2. The van der Waals surface area contributed by atoms with Gasteiger partial charge in [-0.05, 0) is 29.3 Å². The third kappa shape index (κ3) is 3.67. The molecule has 0 saturated heterocycles. The van der Waals surface area contributed by atoms with Crippen LogP contribution in [0.25, 0.3) is 0 Å². The normalized spacial score (nSPS) is 10.6. The molecule has 0 aliphatic rings. The summed E-state index contributed by atoms with van der Waals surface area (Å²) in [5.41, 5.74) is 1.34. The number of hydrogen-bond donors (Lipinski definition) is 0. The number of halogens is 4. The van der Waals surface area contributed by atoms with E-state index in [-0.39, 0.29) is 18.6 Å². The van der Waals surface area contributed by atoms with E-state index in [1.54, 1.807) is 36.4 Å². The molecule has 104 valence electrons. The highest BCUT2D eigenvalue weighted by atomic mass is 35.5. The zero-order valence-electron chi connectivity index (χ0n) is 10.3. The van der Waals surface area contributed by atoms with Gasteiger partial charge in [0.05, 0.1) is 10.0 Å². The minimum atomic E-state index is -0.0239. The third-order valence-electron chi connectivity index (χ3n) is 2.85. The number of hydrogen-bond acceptors (Lipinski definition) is 1. The first kappa shape index (κ1) is 15.7. The van der Waals surface area contributed by atoms with E-state index >= 15 is 0 Å². The molecule has 2 rings (SSSR count). The zero-order chi connectivity index (χ0) is 14.7. The molecule has 2 aromatic carbocycles. The van der Waals surface area contributed by atoms with Crippen LogP contribution in [0.4, 0.5) is 0 Å². The molecule has 5 heteroatoms. The molecule has 0 fully saturated rings. The summed E-state index contributed by atoms with van der Waals surface area (Å²) in [4.78, 5) is 12.1. The lowest BCUT2D eigenvalue weighted by Crippen LogP contribution is -2.08. The summed E-state index contributed by atoms with van der Waals surface area (Å²) in [5.74, 6) is -0.0239. The molecule has 0 atom stereocenters. The fraction of sp³-hybridized carbons (Fsp3) is 0.133. The van der Waals surface area contributed by atoms with Gasteiger partial charge in [-0.2, -0.15) is 0 Å². The van der Waals surface area contributed by atoms with Gasteiger partial charge in [-0.25, -0.2) is 0 Å². The quantitative estimate of drug-likeness (QED) is 0.697. The Labute approximate surface area is 137 Å². The molecule has 20 heavy (non-hydrogen) atoms. The monoisotopic (exact) mass is 346 g/mol. The molecule has 0 bridgehead atoms. The molecular formula is C15H10Cl4O. The highest BCUT2D eigenvalue weighted by molar-refractivity contribution is 6.42. The molecule has 0 aliphatic carbocycles. The molecule has 0 radical (unpaired) electrons. The predicted molar refractivity (Wildman–Crippen MR) is 85.3 cm³/mol. The minimum Gasteiger partial charge on any atom is -0.299 e.